The quantitative estimate of drug-likeness (QED) is 0.847. The molecule has 1 N–H and O–H groups in total. The smallest absolute Gasteiger partial charge is 0.245 e. The van der Waals surface area contributed by atoms with Crippen LogP contribution in [-0.4, -0.2) is 35.3 Å². The summed E-state index contributed by atoms with van der Waals surface area (Å²) in [6, 6.07) is -0.559. The van der Waals surface area contributed by atoms with E-state index in [4.69, 9.17) is 0 Å². The van der Waals surface area contributed by atoms with Gasteiger partial charge in [0.15, 0.2) is 0 Å². The number of hydrogen-bond donors (Lipinski definition) is 1. The Bertz CT molecular complexity index is 337. The van der Waals surface area contributed by atoms with Gasteiger partial charge in [-0.2, -0.15) is 0 Å². The van der Waals surface area contributed by atoms with Crippen LogP contribution in [0.5, 0.6) is 0 Å². The Morgan fingerprint density at radius 2 is 1.79 bits per heavy atom. The van der Waals surface area contributed by atoms with E-state index in [-0.39, 0.29) is 23.9 Å². The second kappa shape index (κ2) is 6.40. The number of amides is 2. The van der Waals surface area contributed by atoms with Crippen molar-refractivity contribution < 1.29 is 9.59 Å². The Hall–Kier alpha value is -1.06. The van der Waals surface area contributed by atoms with Crippen molar-refractivity contribution in [3.05, 3.63) is 0 Å². The first-order chi connectivity index (χ1) is 9.17. The normalized spacial score (nSPS) is 29.5. The minimum Gasteiger partial charge on any atom is -0.343 e. The zero-order valence-electron chi connectivity index (χ0n) is 12.2. The summed E-state index contributed by atoms with van der Waals surface area (Å²) in [5.41, 5.74) is 0. The van der Waals surface area contributed by atoms with Crippen LogP contribution in [0.25, 0.3) is 0 Å². The molecule has 0 aromatic heterocycles. The largest absolute Gasteiger partial charge is 0.343 e. The van der Waals surface area contributed by atoms with Gasteiger partial charge in [0.2, 0.25) is 11.8 Å². The summed E-state index contributed by atoms with van der Waals surface area (Å²) in [6.45, 7) is 4.72. The monoisotopic (exact) mass is 266 g/mol. The van der Waals surface area contributed by atoms with Gasteiger partial charge in [-0.15, -0.1) is 0 Å². The molecular weight excluding hydrogens is 240 g/mol. The van der Waals surface area contributed by atoms with Crippen LogP contribution in [0.2, 0.25) is 0 Å². The van der Waals surface area contributed by atoms with E-state index in [1.807, 2.05) is 18.7 Å². The van der Waals surface area contributed by atoms with E-state index in [1.54, 1.807) is 0 Å². The molecule has 1 saturated carbocycles. The van der Waals surface area contributed by atoms with Crippen LogP contribution in [-0.2, 0) is 9.59 Å². The predicted molar refractivity (Wildman–Crippen MR) is 74.6 cm³/mol. The first-order valence-electron chi connectivity index (χ1n) is 7.78. The fraction of sp³-hybridized carbons (Fsp3) is 0.867. The van der Waals surface area contributed by atoms with Crippen molar-refractivity contribution in [2.75, 3.05) is 6.54 Å². The molecule has 1 saturated heterocycles. The van der Waals surface area contributed by atoms with Crippen LogP contribution in [0.4, 0.5) is 0 Å². The minimum atomic E-state index is -0.307. The highest BCUT2D eigenvalue weighted by molar-refractivity contribution is 5.96. The number of piperazine rings is 1. The number of rotatable bonds is 4. The van der Waals surface area contributed by atoms with Crippen LogP contribution in [0.15, 0.2) is 0 Å². The number of carbonyl (C=O) groups is 2. The highest BCUT2D eigenvalue weighted by Gasteiger charge is 2.39. The van der Waals surface area contributed by atoms with Crippen molar-refractivity contribution in [3.8, 4) is 0 Å². The van der Waals surface area contributed by atoms with Crippen molar-refractivity contribution in [1.29, 1.82) is 0 Å². The summed E-state index contributed by atoms with van der Waals surface area (Å²) in [4.78, 5) is 26.4. The van der Waals surface area contributed by atoms with Gasteiger partial charge in [-0.25, -0.2) is 0 Å². The topological polar surface area (TPSA) is 49.4 Å². The van der Waals surface area contributed by atoms with Crippen molar-refractivity contribution in [2.24, 2.45) is 5.92 Å². The fourth-order valence-electron chi connectivity index (χ4n) is 3.37. The Kier molecular flexibility index (Phi) is 4.83. The Morgan fingerprint density at radius 3 is 2.37 bits per heavy atom. The molecule has 2 amide bonds. The van der Waals surface area contributed by atoms with Crippen LogP contribution in [0.3, 0.4) is 0 Å². The zero-order valence-corrected chi connectivity index (χ0v) is 12.2. The third-order valence-electron chi connectivity index (χ3n) is 4.55. The predicted octanol–water partition coefficient (Wildman–Crippen LogP) is 2.08. The van der Waals surface area contributed by atoms with Crippen molar-refractivity contribution in [3.63, 3.8) is 0 Å². The standard InChI is InChI=1S/C15H26N2O2/c1-3-12-15(19)17(13(4-2)14(18)16-12)10-11-8-6-5-7-9-11/h11-13H,3-10H2,1-2H3,(H,16,18). The third kappa shape index (κ3) is 3.10. The summed E-state index contributed by atoms with van der Waals surface area (Å²) < 4.78 is 0. The van der Waals surface area contributed by atoms with Gasteiger partial charge in [-0.05, 0) is 31.6 Å². The van der Waals surface area contributed by atoms with Gasteiger partial charge in [0, 0.05) is 6.54 Å². The van der Waals surface area contributed by atoms with Gasteiger partial charge in [-0.1, -0.05) is 33.1 Å². The number of hydrogen-bond acceptors (Lipinski definition) is 2. The maximum absolute atomic E-state index is 12.5. The highest BCUT2D eigenvalue weighted by atomic mass is 16.2. The van der Waals surface area contributed by atoms with E-state index in [1.165, 1.54) is 32.1 Å². The maximum Gasteiger partial charge on any atom is 0.245 e. The Balaban J connectivity index is 2.07. The second-order valence-electron chi connectivity index (χ2n) is 5.89. The molecule has 0 aromatic rings. The lowest BCUT2D eigenvalue weighted by molar-refractivity contribution is -0.150. The molecule has 2 aliphatic rings. The summed E-state index contributed by atoms with van der Waals surface area (Å²) >= 11 is 0. The molecule has 0 bridgehead atoms. The molecule has 19 heavy (non-hydrogen) atoms. The average Bonchev–Trinajstić information content (AvgIpc) is 2.44. The van der Waals surface area contributed by atoms with Gasteiger partial charge >= 0.3 is 0 Å². The lowest BCUT2D eigenvalue weighted by Crippen LogP contribution is -2.63. The van der Waals surface area contributed by atoms with E-state index in [0.717, 1.165) is 6.54 Å². The van der Waals surface area contributed by atoms with Crippen LogP contribution in [0, 0.1) is 5.92 Å². The average molecular weight is 266 g/mol. The number of nitrogens with one attached hydrogen (secondary N) is 1. The number of nitrogens with zero attached hydrogens (tertiary/aromatic N) is 1. The summed E-state index contributed by atoms with van der Waals surface area (Å²) in [5, 5.41) is 2.85. The van der Waals surface area contributed by atoms with Crippen molar-refractivity contribution in [2.45, 2.75) is 70.9 Å². The van der Waals surface area contributed by atoms with Crippen LogP contribution >= 0.6 is 0 Å². The van der Waals surface area contributed by atoms with Gasteiger partial charge in [0.05, 0.1) is 0 Å². The third-order valence-corrected chi connectivity index (χ3v) is 4.55. The molecule has 4 nitrogen and oxygen atoms in total. The molecule has 2 rings (SSSR count). The van der Waals surface area contributed by atoms with Crippen molar-refractivity contribution >= 4 is 11.8 Å². The van der Waals surface area contributed by atoms with Gasteiger partial charge in [0.25, 0.3) is 0 Å². The van der Waals surface area contributed by atoms with Crippen LogP contribution < -0.4 is 5.32 Å². The minimum absolute atomic E-state index is 0.0322. The molecule has 1 aliphatic heterocycles. The molecule has 2 unspecified atom stereocenters. The Labute approximate surface area is 115 Å². The molecule has 0 spiro atoms. The molecule has 108 valence electrons. The first kappa shape index (κ1) is 14.4. The lowest BCUT2D eigenvalue weighted by atomic mass is 9.88. The van der Waals surface area contributed by atoms with E-state index < -0.39 is 0 Å². The maximum atomic E-state index is 12.5. The van der Waals surface area contributed by atoms with E-state index in [0.29, 0.717) is 18.8 Å². The van der Waals surface area contributed by atoms with E-state index in [2.05, 4.69) is 5.32 Å². The van der Waals surface area contributed by atoms with E-state index >= 15 is 0 Å². The fourth-order valence-corrected chi connectivity index (χ4v) is 3.37. The molecule has 2 fully saturated rings. The zero-order chi connectivity index (χ0) is 13.8. The van der Waals surface area contributed by atoms with E-state index in [9.17, 15) is 9.59 Å². The molecule has 4 heteroatoms. The Morgan fingerprint density at radius 1 is 1.11 bits per heavy atom. The molecular formula is C15H26N2O2. The summed E-state index contributed by atoms with van der Waals surface area (Å²) in [6.07, 6.45) is 7.67. The molecule has 1 heterocycles. The highest BCUT2D eigenvalue weighted by Crippen LogP contribution is 2.26. The molecule has 1 aliphatic carbocycles. The molecule has 2 atom stereocenters. The summed E-state index contributed by atoms with van der Waals surface area (Å²) in [7, 11) is 0. The van der Waals surface area contributed by atoms with Gasteiger partial charge in [0.1, 0.15) is 12.1 Å². The molecule has 0 radical (unpaired) electrons. The van der Waals surface area contributed by atoms with Crippen molar-refractivity contribution in [1.82, 2.24) is 10.2 Å². The molecule has 0 aromatic carbocycles. The summed E-state index contributed by atoms with van der Waals surface area (Å²) in [5.74, 6) is 0.749. The first-order valence-corrected chi connectivity index (χ1v) is 7.78. The SMILES string of the molecule is CCC1NC(=O)C(CC)N(CC2CCCCC2)C1=O. The number of carbonyl (C=O) groups excluding carboxylic acids is 2. The lowest BCUT2D eigenvalue weighted by Gasteiger charge is -2.40. The van der Waals surface area contributed by atoms with Gasteiger partial charge in [-0.3, -0.25) is 9.59 Å². The second-order valence-corrected chi connectivity index (χ2v) is 5.89. The van der Waals surface area contributed by atoms with Crippen LogP contribution in [0.1, 0.15) is 58.8 Å². The van der Waals surface area contributed by atoms with Gasteiger partial charge < -0.3 is 10.2 Å².